The van der Waals surface area contributed by atoms with Crippen molar-refractivity contribution in [2.24, 2.45) is 0 Å². The molecule has 1 atom stereocenters. The number of aryl methyl sites for hydroxylation is 5. The number of aliphatic hydroxyl groups is 1. The van der Waals surface area contributed by atoms with Crippen LogP contribution < -0.4 is 0 Å². The van der Waals surface area contributed by atoms with Gasteiger partial charge in [-0.2, -0.15) is 0 Å². The Morgan fingerprint density at radius 1 is 0.612 bits per heavy atom. The Bertz CT molecular complexity index is 1160. The van der Waals surface area contributed by atoms with Gasteiger partial charge < -0.3 is 23.4 Å². The molecule has 0 aliphatic heterocycles. The van der Waals surface area contributed by atoms with E-state index < -0.39 is 6.10 Å². The third-order valence-electron chi connectivity index (χ3n) is 9.72. The monoisotopic (exact) mass is 687 g/mol. The highest BCUT2D eigenvalue weighted by atomic mass is 16.6. The first-order valence-electron chi connectivity index (χ1n) is 19.9. The van der Waals surface area contributed by atoms with Gasteiger partial charge in [0.1, 0.15) is 29.6 Å². The Kier molecular flexibility index (Phi) is 22.9. The third-order valence-corrected chi connectivity index (χ3v) is 9.72. The van der Waals surface area contributed by atoms with Gasteiger partial charge in [-0.25, -0.2) is 0 Å². The summed E-state index contributed by atoms with van der Waals surface area (Å²) in [6, 6.07) is 2.19. The molecular formula is C42H70O7. The second kappa shape index (κ2) is 26.3. The fourth-order valence-corrected chi connectivity index (χ4v) is 6.45. The van der Waals surface area contributed by atoms with E-state index in [0.29, 0.717) is 12.8 Å². The molecule has 0 fully saturated rings. The number of hydrogen-bond donors (Lipinski definition) is 1. The fourth-order valence-electron chi connectivity index (χ4n) is 6.45. The van der Waals surface area contributed by atoms with Crippen LogP contribution in [0.3, 0.4) is 0 Å². The van der Waals surface area contributed by atoms with Crippen molar-refractivity contribution in [1.82, 2.24) is 0 Å². The van der Waals surface area contributed by atoms with Gasteiger partial charge in [0.25, 0.3) is 0 Å². The summed E-state index contributed by atoms with van der Waals surface area (Å²) < 4.78 is 22.8. The van der Waals surface area contributed by atoms with Crippen LogP contribution in [0.2, 0.25) is 0 Å². The first-order chi connectivity index (χ1) is 23.8. The average molecular weight is 687 g/mol. The lowest BCUT2D eigenvalue weighted by atomic mass is 10.0. The summed E-state index contributed by atoms with van der Waals surface area (Å²) >= 11 is 0. The molecule has 49 heavy (non-hydrogen) atoms. The predicted octanol–water partition coefficient (Wildman–Crippen LogP) is 11.0. The van der Waals surface area contributed by atoms with E-state index in [1.807, 2.05) is 0 Å². The molecule has 1 N–H and O–H groups in total. The van der Waals surface area contributed by atoms with E-state index in [9.17, 15) is 14.7 Å². The minimum Gasteiger partial charge on any atom is -0.466 e. The lowest BCUT2D eigenvalue weighted by Gasteiger charge is -2.15. The maximum absolute atomic E-state index is 12.3. The lowest BCUT2D eigenvalue weighted by Crippen LogP contribution is -2.28. The summed E-state index contributed by atoms with van der Waals surface area (Å²) in [6.45, 7) is 10.5. The fraction of sp³-hybridized carbons (Fsp3) is 0.762. The van der Waals surface area contributed by atoms with Gasteiger partial charge in [0.15, 0.2) is 6.10 Å². The smallest absolute Gasteiger partial charge is 0.306 e. The zero-order valence-corrected chi connectivity index (χ0v) is 31.9. The van der Waals surface area contributed by atoms with Crippen LogP contribution in [0.25, 0.3) is 0 Å². The number of carbonyl (C=O) groups is 2. The van der Waals surface area contributed by atoms with Crippen LogP contribution in [0, 0.1) is 20.8 Å². The molecule has 0 saturated heterocycles. The molecular weight excluding hydrogens is 616 g/mol. The van der Waals surface area contributed by atoms with Gasteiger partial charge >= 0.3 is 11.9 Å². The van der Waals surface area contributed by atoms with Crippen LogP contribution >= 0.6 is 0 Å². The molecule has 0 aliphatic carbocycles. The average Bonchev–Trinajstić information content (AvgIpc) is 3.57. The predicted molar refractivity (Wildman–Crippen MR) is 198 cm³/mol. The molecule has 7 nitrogen and oxygen atoms in total. The summed E-state index contributed by atoms with van der Waals surface area (Å²) in [5.74, 6) is 3.96. The minimum atomic E-state index is -0.799. The zero-order chi connectivity index (χ0) is 35.7. The van der Waals surface area contributed by atoms with Crippen molar-refractivity contribution in [2.45, 2.75) is 195 Å². The summed E-state index contributed by atoms with van der Waals surface area (Å²) in [7, 11) is 0. The van der Waals surface area contributed by atoms with Crippen molar-refractivity contribution in [1.29, 1.82) is 0 Å². The first-order valence-corrected chi connectivity index (χ1v) is 19.9. The van der Waals surface area contributed by atoms with E-state index >= 15 is 0 Å². The molecule has 280 valence electrons. The lowest BCUT2D eigenvalue weighted by molar-refractivity contribution is -0.161. The van der Waals surface area contributed by atoms with E-state index in [-0.39, 0.29) is 25.2 Å². The van der Waals surface area contributed by atoms with Crippen molar-refractivity contribution in [3.05, 3.63) is 45.8 Å². The molecule has 0 aromatic carbocycles. The number of carbonyl (C=O) groups excluding carboxylic acids is 2. The van der Waals surface area contributed by atoms with Crippen LogP contribution in [0.4, 0.5) is 0 Å². The van der Waals surface area contributed by atoms with E-state index in [0.717, 1.165) is 107 Å². The normalized spacial score (nSPS) is 12.0. The Balaban J connectivity index is 1.41. The molecule has 2 aromatic rings. The highest BCUT2D eigenvalue weighted by molar-refractivity contribution is 5.70. The number of furan rings is 2. The van der Waals surface area contributed by atoms with Crippen molar-refractivity contribution < 1.29 is 33.0 Å². The summed E-state index contributed by atoms with van der Waals surface area (Å²) in [6.07, 6.45) is 23.9. The second-order valence-electron chi connectivity index (χ2n) is 14.2. The number of esters is 2. The van der Waals surface area contributed by atoms with E-state index in [4.69, 9.17) is 18.3 Å². The third kappa shape index (κ3) is 18.3. The van der Waals surface area contributed by atoms with E-state index in [2.05, 4.69) is 40.7 Å². The molecule has 0 amide bonds. The van der Waals surface area contributed by atoms with Crippen LogP contribution in [0.5, 0.6) is 0 Å². The van der Waals surface area contributed by atoms with Crippen LogP contribution in [-0.2, 0) is 44.7 Å². The molecule has 2 rings (SSSR count). The quantitative estimate of drug-likeness (QED) is 0.0645. The maximum Gasteiger partial charge on any atom is 0.306 e. The number of aliphatic hydroxyl groups excluding tert-OH is 1. The molecule has 7 heteroatoms. The SMILES string of the molecule is CCCCCc1oc(CCCCCCCCC(=O)O[C@@H](CO)COC(=O)CCCCCCCCCCc2oc(CCC)cc2C)c(C)c1C. The zero-order valence-electron chi connectivity index (χ0n) is 31.9. The van der Waals surface area contributed by atoms with E-state index in [1.165, 1.54) is 73.8 Å². The number of ether oxygens (including phenoxy) is 2. The van der Waals surface area contributed by atoms with Gasteiger partial charge in [0.2, 0.25) is 0 Å². The Hall–Kier alpha value is -2.54. The molecule has 0 aliphatic rings. The van der Waals surface area contributed by atoms with Crippen molar-refractivity contribution in [2.75, 3.05) is 13.2 Å². The number of hydrogen-bond acceptors (Lipinski definition) is 7. The Morgan fingerprint density at radius 3 is 1.63 bits per heavy atom. The molecule has 0 saturated carbocycles. The van der Waals surface area contributed by atoms with Crippen LogP contribution in [0.15, 0.2) is 14.9 Å². The molecule has 2 aromatic heterocycles. The van der Waals surface area contributed by atoms with E-state index in [1.54, 1.807) is 0 Å². The van der Waals surface area contributed by atoms with Crippen LogP contribution in [-0.4, -0.2) is 36.4 Å². The number of rotatable bonds is 30. The first kappa shape index (κ1) is 42.6. The largest absolute Gasteiger partial charge is 0.466 e. The Labute approximate surface area is 298 Å². The highest BCUT2D eigenvalue weighted by Crippen LogP contribution is 2.25. The van der Waals surface area contributed by atoms with Gasteiger partial charge in [0, 0.05) is 38.5 Å². The standard InChI is InChI=1S/C42H70O7/c1-6-8-19-26-39-34(4)35(5)40(49-39)27-21-16-13-14-18-23-29-42(45)48-37(31-43)32-46-41(44)28-22-17-12-10-9-11-15-20-25-38-33(3)30-36(47-38)24-7-2/h30,37,43H,6-29,31-32H2,1-5H3/t37-/m0/s1. The molecule has 0 bridgehead atoms. The van der Waals surface area contributed by atoms with Crippen molar-refractivity contribution in [3.8, 4) is 0 Å². The van der Waals surface area contributed by atoms with Gasteiger partial charge in [0.05, 0.1) is 6.61 Å². The molecule has 0 spiro atoms. The van der Waals surface area contributed by atoms with Gasteiger partial charge in [-0.3, -0.25) is 9.59 Å². The molecule has 0 unspecified atom stereocenters. The molecule has 0 radical (unpaired) electrons. The van der Waals surface area contributed by atoms with Gasteiger partial charge in [-0.05, 0) is 82.1 Å². The maximum atomic E-state index is 12.3. The van der Waals surface area contributed by atoms with Crippen molar-refractivity contribution >= 4 is 11.9 Å². The van der Waals surface area contributed by atoms with Crippen molar-refractivity contribution in [3.63, 3.8) is 0 Å². The number of unbranched alkanes of at least 4 members (excludes halogenated alkanes) is 14. The van der Waals surface area contributed by atoms with Gasteiger partial charge in [-0.1, -0.05) is 90.9 Å². The minimum absolute atomic E-state index is 0.0899. The Morgan fingerprint density at radius 2 is 1.10 bits per heavy atom. The molecule has 2 heterocycles. The summed E-state index contributed by atoms with van der Waals surface area (Å²) in [4.78, 5) is 24.4. The topological polar surface area (TPSA) is 99.1 Å². The summed E-state index contributed by atoms with van der Waals surface area (Å²) in [5, 5.41) is 9.61. The van der Waals surface area contributed by atoms with Gasteiger partial charge in [-0.15, -0.1) is 0 Å². The second-order valence-corrected chi connectivity index (χ2v) is 14.2. The highest BCUT2D eigenvalue weighted by Gasteiger charge is 2.16. The summed E-state index contributed by atoms with van der Waals surface area (Å²) in [5.41, 5.74) is 3.94. The van der Waals surface area contributed by atoms with Crippen LogP contribution in [0.1, 0.15) is 182 Å².